The van der Waals surface area contributed by atoms with Gasteiger partial charge in [0.2, 0.25) is 0 Å². The molecule has 1 N–H and O–H groups in total. The zero-order valence-corrected chi connectivity index (χ0v) is 6.90. The van der Waals surface area contributed by atoms with Gasteiger partial charge in [-0.05, 0) is 12.8 Å². The van der Waals surface area contributed by atoms with Gasteiger partial charge < -0.3 is 9.84 Å². The van der Waals surface area contributed by atoms with E-state index < -0.39 is 17.3 Å². The summed E-state index contributed by atoms with van der Waals surface area (Å²) >= 11 is 0. The lowest BCUT2D eigenvalue weighted by atomic mass is 9.78. The monoisotopic (exact) mass is 182 g/mol. The van der Waals surface area contributed by atoms with Gasteiger partial charge in [0.15, 0.2) is 7.85 Å². The summed E-state index contributed by atoms with van der Waals surface area (Å²) in [6, 6.07) is 0. The molecule has 1 atom stereocenters. The lowest BCUT2D eigenvalue weighted by Crippen LogP contribution is -2.50. The summed E-state index contributed by atoms with van der Waals surface area (Å²) in [5, 5.41) is 9.31. The molecule has 1 unspecified atom stereocenters. The Labute approximate surface area is 69.1 Å². The van der Waals surface area contributed by atoms with Gasteiger partial charge in [0, 0.05) is 7.11 Å². The zero-order chi connectivity index (χ0) is 9.62. The molecule has 0 spiro atoms. The summed E-state index contributed by atoms with van der Waals surface area (Å²) in [4.78, 5) is 0. The number of aliphatic hydroxyl groups is 1. The van der Waals surface area contributed by atoms with Gasteiger partial charge in [-0.15, -0.1) is 0 Å². The Hall–Kier alpha value is -0.225. The Kier molecular flexibility index (Phi) is 1.96. The third-order valence-electron chi connectivity index (χ3n) is 2.58. The van der Waals surface area contributed by atoms with Crippen molar-refractivity contribution in [1.82, 2.24) is 0 Å². The summed E-state index contributed by atoms with van der Waals surface area (Å²) in [5.41, 5.74) is -4.12. The molecule has 6 heteroatoms. The molecular formula is C6H10BF3O2. The summed E-state index contributed by atoms with van der Waals surface area (Å²) in [5.74, 6) is 0. The fraction of sp³-hybridized carbons (Fsp3) is 1.00. The second-order valence-corrected chi connectivity index (χ2v) is 3.27. The first-order chi connectivity index (χ1) is 5.27. The Morgan fingerprint density at radius 3 is 1.92 bits per heavy atom. The van der Waals surface area contributed by atoms with E-state index in [1.807, 2.05) is 0 Å². The van der Waals surface area contributed by atoms with Crippen LogP contribution in [0.4, 0.5) is 13.2 Å². The maximum Gasteiger partial charge on any atom is 0.398 e. The van der Waals surface area contributed by atoms with Crippen LogP contribution in [0.25, 0.3) is 0 Å². The van der Waals surface area contributed by atoms with E-state index in [0.717, 1.165) is 15.0 Å². The van der Waals surface area contributed by atoms with E-state index in [-0.39, 0.29) is 12.8 Å². The molecule has 1 rings (SSSR count). The molecule has 0 radical (unpaired) electrons. The molecule has 1 aliphatic carbocycles. The minimum Gasteiger partial charge on any atom is -0.373 e. The third kappa shape index (κ3) is 1.13. The fourth-order valence-electron chi connectivity index (χ4n) is 1.33. The maximum atomic E-state index is 12.3. The average Bonchev–Trinajstić information content (AvgIpc) is 2.63. The summed E-state index contributed by atoms with van der Waals surface area (Å²) in [7, 11) is 2.12. The van der Waals surface area contributed by atoms with Gasteiger partial charge in [0.1, 0.15) is 11.1 Å². The van der Waals surface area contributed by atoms with Crippen LogP contribution in [-0.2, 0) is 4.74 Å². The van der Waals surface area contributed by atoms with Crippen LogP contribution in [0.15, 0.2) is 0 Å². The van der Waals surface area contributed by atoms with Crippen LogP contribution in [0.3, 0.4) is 0 Å². The van der Waals surface area contributed by atoms with Crippen molar-refractivity contribution in [2.75, 3.05) is 7.11 Å². The molecule has 12 heavy (non-hydrogen) atoms. The average molecular weight is 182 g/mol. The van der Waals surface area contributed by atoms with E-state index in [2.05, 4.69) is 4.74 Å². The second kappa shape index (κ2) is 2.39. The molecule has 0 aromatic heterocycles. The lowest BCUT2D eigenvalue weighted by molar-refractivity contribution is -0.281. The molecule has 0 aromatic carbocycles. The minimum atomic E-state index is -4.38. The van der Waals surface area contributed by atoms with Crippen LogP contribution >= 0.6 is 0 Å². The normalized spacial score (nSPS) is 26.4. The second-order valence-electron chi connectivity index (χ2n) is 3.27. The third-order valence-corrected chi connectivity index (χ3v) is 2.58. The van der Waals surface area contributed by atoms with Crippen molar-refractivity contribution in [2.45, 2.75) is 24.7 Å². The molecule has 2 nitrogen and oxygen atoms in total. The van der Waals surface area contributed by atoms with Crippen LogP contribution in [-0.4, -0.2) is 31.9 Å². The number of ether oxygens (including phenoxy) is 1. The van der Waals surface area contributed by atoms with Gasteiger partial charge in [-0.3, -0.25) is 0 Å². The standard InChI is InChI=1S/C6H10BF3O2/c1-12-5(7,11)4(2-3-4)6(8,9)10/h11H,2-3,7H2,1H3. The molecule has 0 amide bonds. The number of methoxy groups -OCH3 is 1. The van der Waals surface area contributed by atoms with E-state index in [9.17, 15) is 18.3 Å². The van der Waals surface area contributed by atoms with Crippen LogP contribution in [0.5, 0.6) is 0 Å². The molecule has 0 bridgehead atoms. The summed E-state index contributed by atoms with van der Waals surface area (Å²) in [6.45, 7) is 0. The minimum absolute atomic E-state index is 0.0582. The lowest BCUT2D eigenvalue weighted by Gasteiger charge is -2.33. The van der Waals surface area contributed by atoms with Crippen molar-refractivity contribution in [2.24, 2.45) is 5.41 Å². The van der Waals surface area contributed by atoms with Crippen molar-refractivity contribution in [1.29, 1.82) is 0 Å². The van der Waals surface area contributed by atoms with Gasteiger partial charge in [0.05, 0.1) is 0 Å². The highest BCUT2D eigenvalue weighted by Crippen LogP contribution is 2.63. The zero-order valence-electron chi connectivity index (χ0n) is 6.90. The highest BCUT2D eigenvalue weighted by molar-refractivity contribution is 6.14. The highest BCUT2D eigenvalue weighted by atomic mass is 19.4. The molecule has 1 saturated carbocycles. The fourth-order valence-corrected chi connectivity index (χ4v) is 1.33. The number of halogens is 3. The van der Waals surface area contributed by atoms with Gasteiger partial charge >= 0.3 is 6.18 Å². The van der Waals surface area contributed by atoms with Crippen LogP contribution in [0, 0.1) is 5.41 Å². The van der Waals surface area contributed by atoms with Gasteiger partial charge in [-0.1, -0.05) is 0 Å². The van der Waals surface area contributed by atoms with Crippen LogP contribution in [0.2, 0.25) is 0 Å². The molecule has 0 aromatic rings. The van der Waals surface area contributed by atoms with E-state index >= 15 is 0 Å². The maximum absolute atomic E-state index is 12.3. The number of hydrogen-bond donors (Lipinski definition) is 1. The van der Waals surface area contributed by atoms with Crippen molar-refractivity contribution in [3.05, 3.63) is 0 Å². The van der Waals surface area contributed by atoms with Crippen molar-refractivity contribution < 1.29 is 23.0 Å². The first-order valence-corrected chi connectivity index (χ1v) is 3.61. The van der Waals surface area contributed by atoms with Crippen molar-refractivity contribution in [3.63, 3.8) is 0 Å². The Bertz CT molecular complexity index is 186. The van der Waals surface area contributed by atoms with E-state index in [1.165, 1.54) is 0 Å². The van der Waals surface area contributed by atoms with E-state index in [0.29, 0.717) is 0 Å². The topological polar surface area (TPSA) is 29.5 Å². The van der Waals surface area contributed by atoms with Gasteiger partial charge in [-0.25, -0.2) is 0 Å². The highest BCUT2D eigenvalue weighted by Gasteiger charge is 2.72. The first kappa shape index (κ1) is 9.86. The number of rotatable bonds is 2. The molecular weight excluding hydrogens is 172 g/mol. The molecule has 70 valence electrons. The molecule has 1 aliphatic rings. The number of alkyl halides is 3. The smallest absolute Gasteiger partial charge is 0.373 e. The Morgan fingerprint density at radius 1 is 1.42 bits per heavy atom. The quantitative estimate of drug-likeness (QED) is 0.490. The largest absolute Gasteiger partial charge is 0.398 e. The predicted molar refractivity (Wildman–Crippen MR) is 38.2 cm³/mol. The summed E-state index contributed by atoms with van der Waals surface area (Å²) < 4.78 is 41.4. The van der Waals surface area contributed by atoms with Crippen molar-refractivity contribution >= 4 is 7.85 Å². The Morgan fingerprint density at radius 2 is 1.83 bits per heavy atom. The predicted octanol–water partition coefficient (Wildman–Crippen LogP) is 0.254. The van der Waals surface area contributed by atoms with Gasteiger partial charge in [0.25, 0.3) is 0 Å². The van der Waals surface area contributed by atoms with Crippen LogP contribution in [0.1, 0.15) is 12.8 Å². The molecule has 0 heterocycles. The van der Waals surface area contributed by atoms with Crippen molar-refractivity contribution in [3.8, 4) is 0 Å². The van der Waals surface area contributed by atoms with E-state index in [1.54, 1.807) is 0 Å². The summed E-state index contributed by atoms with van der Waals surface area (Å²) in [6.07, 6.45) is -4.50. The van der Waals surface area contributed by atoms with E-state index in [4.69, 9.17) is 0 Å². The first-order valence-electron chi connectivity index (χ1n) is 3.61. The molecule has 0 aliphatic heterocycles. The van der Waals surface area contributed by atoms with Crippen LogP contribution < -0.4 is 0 Å². The number of hydrogen-bond acceptors (Lipinski definition) is 2. The molecule has 0 saturated heterocycles. The van der Waals surface area contributed by atoms with Gasteiger partial charge in [-0.2, -0.15) is 13.2 Å². The molecule has 1 fully saturated rings. The Balaban J connectivity index is 2.87. The SMILES string of the molecule is BC(O)(OC)C1(C(F)(F)F)CC1.